The molecule has 0 atom stereocenters. The quantitative estimate of drug-likeness (QED) is 0.477. The zero-order chi connectivity index (χ0) is 17.7. The van der Waals surface area contributed by atoms with Crippen molar-refractivity contribution in [1.29, 1.82) is 0 Å². The summed E-state index contributed by atoms with van der Waals surface area (Å²) in [6.07, 6.45) is 0. The fourth-order valence-electron chi connectivity index (χ4n) is 1.80. The highest BCUT2D eigenvalue weighted by atomic mass is 35.5. The zero-order valence-electron chi connectivity index (χ0n) is 13.7. The third-order valence-electron chi connectivity index (χ3n) is 3.13. The molecular weight excluding hydrogens is 329 g/mol. The van der Waals surface area contributed by atoms with E-state index in [-0.39, 0.29) is 17.4 Å². The molecule has 0 aliphatic rings. The molecule has 0 saturated carbocycles. The molecule has 0 amide bonds. The molecule has 2 aromatic rings. The van der Waals surface area contributed by atoms with Crippen molar-refractivity contribution in [3.05, 3.63) is 59.4 Å². The van der Waals surface area contributed by atoms with E-state index in [1.54, 1.807) is 45.0 Å². The number of carbonyl (C=O) groups excluding carboxylic acids is 1. The molecule has 0 fully saturated rings. The van der Waals surface area contributed by atoms with Crippen molar-refractivity contribution in [1.82, 2.24) is 5.43 Å². The van der Waals surface area contributed by atoms with Crippen molar-refractivity contribution in [2.45, 2.75) is 20.8 Å². The molecule has 0 saturated heterocycles. The summed E-state index contributed by atoms with van der Waals surface area (Å²) in [5.74, 6) is -0.387. The van der Waals surface area contributed by atoms with Crippen molar-refractivity contribution in [2.75, 3.05) is 5.43 Å². The van der Waals surface area contributed by atoms with Crippen LogP contribution in [0, 0.1) is 11.2 Å². The van der Waals surface area contributed by atoms with Gasteiger partial charge in [-0.25, -0.2) is 9.38 Å². The maximum Gasteiger partial charge on any atom is 0.204 e. The number of rotatable bonds is 4. The van der Waals surface area contributed by atoms with Gasteiger partial charge in [-0.2, -0.15) is 0 Å². The maximum atomic E-state index is 13.0. The predicted octanol–water partition coefficient (Wildman–Crippen LogP) is 4.74. The highest BCUT2D eigenvalue weighted by Crippen LogP contribution is 2.19. The SMILES string of the molecule is CC(C)(C)C(=O)C(=Nc1ccc(F)cc1)NNc1ccc(Cl)cc1. The summed E-state index contributed by atoms with van der Waals surface area (Å²) in [5.41, 5.74) is 6.35. The van der Waals surface area contributed by atoms with Crippen LogP contribution >= 0.6 is 11.6 Å². The first-order chi connectivity index (χ1) is 11.3. The van der Waals surface area contributed by atoms with E-state index in [0.717, 1.165) is 5.69 Å². The number of amidine groups is 1. The molecule has 0 unspecified atom stereocenters. The van der Waals surface area contributed by atoms with Crippen LogP contribution in [-0.2, 0) is 4.79 Å². The topological polar surface area (TPSA) is 53.5 Å². The van der Waals surface area contributed by atoms with E-state index in [1.807, 2.05) is 0 Å². The monoisotopic (exact) mass is 347 g/mol. The van der Waals surface area contributed by atoms with Gasteiger partial charge in [0.1, 0.15) is 5.82 Å². The number of benzene rings is 2. The summed E-state index contributed by atoms with van der Waals surface area (Å²) in [5, 5.41) is 0.617. The van der Waals surface area contributed by atoms with Gasteiger partial charge in [0.05, 0.1) is 11.4 Å². The van der Waals surface area contributed by atoms with Crippen molar-refractivity contribution >= 4 is 34.6 Å². The number of hydrogen-bond donors (Lipinski definition) is 2. The summed E-state index contributed by atoms with van der Waals surface area (Å²) < 4.78 is 13.0. The summed E-state index contributed by atoms with van der Waals surface area (Å²) in [4.78, 5) is 16.9. The molecule has 0 bridgehead atoms. The van der Waals surface area contributed by atoms with Crippen LogP contribution in [0.25, 0.3) is 0 Å². The molecule has 24 heavy (non-hydrogen) atoms. The number of nitrogens with one attached hydrogen (secondary N) is 2. The number of ketones is 1. The van der Waals surface area contributed by atoms with Crippen LogP contribution in [-0.4, -0.2) is 11.6 Å². The molecule has 0 radical (unpaired) electrons. The standard InChI is InChI=1S/C18H19ClFN3O/c1-18(2,3)16(24)17(21-14-10-6-13(20)7-11-14)23-22-15-8-4-12(19)5-9-15/h4-11,22H,1-3H3,(H,21,23). The zero-order valence-corrected chi connectivity index (χ0v) is 14.5. The molecule has 0 aliphatic heterocycles. The first-order valence-electron chi connectivity index (χ1n) is 7.42. The minimum Gasteiger partial charge on any atom is -0.300 e. The van der Waals surface area contributed by atoms with Crippen LogP contribution in [0.2, 0.25) is 5.02 Å². The Labute approximate surface area is 145 Å². The van der Waals surface area contributed by atoms with Crippen molar-refractivity contribution < 1.29 is 9.18 Å². The highest BCUT2D eigenvalue weighted by Gasteiger charge is 2.26. The van der Waals surface area contributed by atoms with Gasteiger partial charge in [0.25, 0.3) is 0 Å². The second kappa shape index (κ2) is 7.45. The molecule has 0 spiro atoms. The maximum absolute atomic E-state index is 13.0. The van der Waals surface area contributed by atoms with Gasteiger partial charge in [-0.15, -0.1) is 0 Å². The number of aliphatic imine (C=N–C) groups is 1. The van der Waals surface area contributed by atoms with Crippen LogP contribution in [0.5, 0.6) is 0 Å². The molecule has 0 aliphatic carbocycles. The Bertz CT molecular complexity index is 734. The van der Waals surface area contributed by atoms with Gasteiger partial charge in [-0.3, -0.25) is 15.6 Å². The second-order valence-corrected chi connectivity index (χ2v) is 6.71. The lowest BCUT2D eigenvalue weighted by molar-refractivity contribution is -0.119. The normalized spacial score (nSPS) is 12.0. The minimum atomic E-state index is -0.618. The van der Waals surface area contributed by atoms with E-state index in [0.29, 0.717) is 10.7 Å². The average molecular weight is 348 g/mol. The number of hydrogen-bond acceptors (Lipinski definition) is 3. The Balaban J connectivity index is 2.24. The molecule has 2 aromatic carbocycles. The van der Waals surface area contributed by atoms with Gasteiger partial charge >= 0.3 is 0 Å². The second-order valence-electron chi connectivity index (χ2n) is 6.27. The van der Waals surface area contributed by atoms with E-state index in [4.69, 9.17) is 11.6 Å². The number of Topliss-reactive ketones (excluding diaryl/α,β-unsaturated/α-hetero) is 1. The summed E-state index contributed by atoms with van der Waals surface area (Å²) in [7, 11) is 0. The summed E-state index contributed by atoms with van der Waals surface area (Å²) >= 11 is 5.85. The Morgan fingerprint density at radius 1 is 1.04 bits per heavy atom. The van der Waals surface area contributed by atoms with E-state index in [2.05, 4.69) is 15.8 Å². The van der Waals surface area contributed by atoms with Gasteiger partial charge in [-0.05, 0) is 48.5 Å². The smallest absolute Gasteiger partial charge is 0.204 e. The predicted molar refractivity (Wildman–Crippen MR) is 96.2 cm³/mol. The van der Waals surface area contributed by atoms with Crippen LogP contribution < -0.4 is 10.9 Å². The van der Waals surface area contributed by atoms with Crippen molar-refractivity contribution in [3.8, 4) is 0 Å². The van der Waals surface area contributed by atoms with Gasteiger partial charge in [-0.1, -0.05) is 32.4 Å². The molecular formula is C18H19ClFN3O. The van der Waals surface area contributed by atoms with E-state index in [1.165, 1.54) is 24.3 Å². The fraction of sp³-hybridized carbons (Fsp3) is 0.222. The summed E-state index contributed by atoms with van der Waals surface area (Å²) in [6.45, 7) is 5.42. The van der Waals surface area contributed by atoms with E-state index in [9.17, 15) is 9.18 Å². The Kier molecular flexibility index (Phi) is 5.57. The number of carbonyl (C=O) groups is 1. The Hall–Kier alpha value is -2.40. The lowest BCUT2D eigenvalue weighted by Crippen LogP contribution is -2.41. The first kappa shape index (κ1) is 17.9. The Morgan fingerprint density at radius 2 is 1.62 bits per heavy atom. The molecule has 2 N–H and O–H groups in total. The van der Waals surface area contributed by atoms with Crippen LogP contribution in [0.15, 0.2) is 53.5 Å². The van der Waals surface area contributed by atoms with Gasteiger partial charge in [0.2, 0.25) is 5.78 Å². The number of halogens is 2. The molecule has 2 rings (SSSR count). The number of nitrogens with zero attached hydrogens (tertiary/aromatic N) is 1. The molecule has 126 valence electrons. The minimum absolute atomic E-state index is 0.143. The van der Waals surface area contributed by atoms with Gasteiger partial charge in [0.15, 0.2) is 5.84 Å². The number of anilines is 1. The average Bonchev–Trinajstić information content (AvgIpc) is 2.53. The molecule has 6 heteroatoms. The first-order valence-corrected chi connectivity index (χ1v) is 7.80. The molecule has 4 nitrogen and oxygen atoms in total. The van der Waals surface area contributed by atoms with Crippen LogP contribution in [0.3, 0.4) is 0 Å². The van der Waals surface area contributed by atoms with Crippen LogP contribution in [0.4, 0.5) is 15.8 Å². The lowest BCUT2D eigenvalue weighted by Gasteiger charge is -2.19. The van der Waals surface area contributed by atoms with Crippen molar-refractivity contribution in [3.63, 3.8) is 0 Å². The van der Waals surface area contributed by atoms with Gasteiger partial charge in [0, 0.05) is 10.4 Å². The molecule has 0 heterocycles. The van der Waals surface area contributed by atoms with Gasteiger partial charge < -0.3 is 0 Å². The van der Waals surface area contributed by atoms with Crippen molar-refractivity contribution in [2.24, 2.45) is 10.4 Å². The third-order valence-corrected chi connectivity index (χ3v) is 3.39. The largest absolute Gasteiger partial charge is 0.300 e. The fourth-order valence-corrected chi connectivity index (χ4v) is 1.93. The Morgan fingerprint density at radius 3 is 2.17 bits per heavy atom. The van der Waals surface area contributed by atoms with E-state index < -0.39 is 5.41 Å². The highest BCUT2D eigenvalue weighted by molar-refractivity contribution is 6.41. The number of hydrazine groups is 1. The van der Waals surface area contributed by atoms with E-state index >= 15 is 0 Å². The summed E-state index contributed by atoms with van der Waals surface area (Å²) in [6, 6.07) is 12.6. The third kappa shape index (κ3) is 5.06. The lowest BCUT2D eigenvalue weighted by atomic mass is 9.90. The van der Waals surface area contributed by atoms with Crippen LogP contribution in [0.1, 0.15) is 20.8 Å². The molecule has 0 aromatic heterocycles.